The van der Waals surface area contributed by atoms with Crippen molar-refractivity contribution < 1.29 is 15.0 Å². The molecule has 2 aromatic rings. The lowest BCUT2D eigenvalue weighted by Gasteiger charge is -2.00. The van der Waals surface area contributed by atoms with E-state index in [1.807, 2.05) is 24.3 Å². The molecule has 2 atom stereocenters. The maximum atomic E-state index is 12.2. The largest absolute Gasteiger partial charge is 0.393 e. The van der Waals surface area contributed by atoms with Gasteiger partial charge in [0, 0.05) is 45.2 Å². The number of hydrogen-bond acceptors (Lipinski definition) is 5. The van der Waals surface area contributed by atoms with Crippen LogP contribution in [0.3, 0.4) is 0 Å². The van der Waals surface area contributed by atoms with Crippen molar-refractivity contribution in [2.24, 2.45) is 0 Å². The predicted molar refractivity (Wildman–Crippen MR) is 91.8 cm³/mol. The zero-order valence-corrected chi connectivity index (χ0v) is 14.5. The lowest BCUT2D eigenvalue weighted by atomic mass is 10.1. The van der Waals surface area contributed by atoms with Gasteiger partial charge in [0.1, 0.15) is 5.78 Å². The molecule has 2 rings (SSSR count). The molecule has 0 aliphatic rings. The van der Waals surface area contributed by atoms with Gasteiger partial charge >= 0.3 is 0 Å². The van der Waals surface area contributed by atoms with Gasteiger partial charge in [0.25, 0.3) is 0 Å². The van der Waals surface area contributed by atoms with Gasteiger partial charge in [-0.3, -0.25) is 4.79 Å². The number of carbonyl (C=O) groups is 1. The van der Waals surface area contributed by atoms with Crippen LogP contribution in [0.25, 0.3) is 0 Å². The number of Topliss-reactive ketones (excluding diaryl/α,β-unsaturated/α-hetero) is 1. The minimum Gasteiger partial charge on any atom is -0.393 e. The van der Waals surface area contributed by atoms with Crippen LogP contribution in [0.15, 0.2) is 24.3 Å². The molecule has 5 heteroatoms. The third-order valence-electron chi connectivity index (χ3n) is 3.17. The maximum absolute atomic E-state index is 12.2. The van der Waals surface area contributed by atoms with E-state index in [0.29, 0.717) is 25.7 Å². The molecule has 2 heterocycles. The summed E-state index contributed by atoms with van der Waals surface area (Å²) in [7, 11) is 0. The summed E-state index contributed by atoms with van der Waals surface area (Å²) < 4.78 is 0. The first-order valence-electron chi connectivity index (χ1n) is 7.45. The fourth-order valence-corrected chi connectivity index (χ4v) is 4.62. The van der Waals surface area contributed by atoms with Crippen LogP contribution in [-0.4, -0.2) is 28.2 Å². The first-order chi connectivity index (χ1) is 10.4. The summed E-state index contributed by atoms with van der Waals surface area (Å²) in [6, 6.07) is 7.94. The number of aliphatic hydroxyl groups excluding tert-OH is 2. The fourth-order valence-electron chi connectivity index (χ4n) is 2.29. The van der Waals surface area contributed by atoms with E-state index in [0.717, 1.165) is 19.5 Å². The molecular formula is C17H22O3S2. The third kappa shape index (κ3) is 5.65. The number of carbonyl (C=O) groups excluding carboxylic acids is 1. The summed E-state index contributed by atoms with van der Waals surface area (Å²) in [5.74, 6) is 0.205. The lowest BCUT2D eigenvalue weighted by Crippen LogP contribution is -2.04. The third-order valence-corrected chi connectivity index (χ3v) is 5.39. The molecule has 0 saturated carbocycles. The highest BCUT2D eigenvalue weighted by molar-refractivity contribution is 7.12. The zero-order valence-electron chi connectivity index (χ0n) is 12.9. The zero-order chi connectivity index (χ0) is 16.1. The normalized spacial score (nSPS) is 14.0. The Balaban J connectivity index is 1.87. The first kappa shape index (κ1) is 17.3. The van der Waals surface area contributed by atoms with Crippen molar-refractivity contribution in [1.29, 1.82) is 0 Å². The molecular weight excluding hydrogens is 316 g/mol. The highest BCUT2D eigenvalue weighted by atomic mass is 32.1. The summed E-state index contributed by atoms with van der Waals surface area (Å²) in [4.78, 5) is 16.5. The van der Waals surface area contributed by atoms with Crippen LogP contribution in [0, 0.1) is 0 Å². The topological polar surface area (TPSA) is 57.5 Å². The van der Waals surface area contributed by atoms with Crippen molar-refractivity contribution in [3.05, 3.63) is 43.8 Å². The highest BCUT2D eigenvalue weighted by Crippen LogP contribution is 2.22. The van der Waals surface area contributed by atoms with E-state index in [-0.39, 0.29) is 18.0 Å². The van der Waals surface area contributed by atoms with Gasteiger partial charge in [-0.05, 0) is 38.1 Å². The summed E-state index contributed by atoms with van der Waals surface area (Å²) in [5, 5.41) is 18.8. The van der Waals surface area contributed by atoms with Gasteiger partial charge in [-0.25, -0.2) is 0 Å². The monoisotopic (exact) mass is 338 g/mol. The molecule has 2 N–H and O–H groups in total. The Hall–Kier alpha value is -1.01. The smallest absolute Gasteiger partial charge is 0.143 e. The summed E-state index contributed by atoms with van der Waals surface area (Å²) in [5.41, 5.74) is 0. The predicted octanol–water partition coefficient (Wildman–Crippen LogP) is 3.01. The second kappa shape index (κ2) is 8.02. The quantitative estimate of drug-likeness (QED) is 0.778. The van der Waals surface area contributed by atoms with Crippen molar-refractivity contribution in [2.45, 2.75) is 51.7 Å². The van der Waals surface area contributed by atoms with Crippen LogP contribution in [0.5, 0.6) is 0 Å². The second-order valence-corrected chi connectivity index (χ2v) is 8.24. The van der Waals surface area contributed by atoms with Crippen molar-refractivity contribution >= 4 is 28.5 Å². The number of hydrogen-bond donors (Lipinski definition) is 2. The minimum atomic E-state index is -0.347. The average Bonchev–Trinajstić information content (AvgIpc) is 2.98. The molecule has 0 aliphatic heterocycles. The Kier molecular flexibility index (Phi) is 6.32. The van der Waals surface area contributed by atoms with Crippen molar-refractivity contribution in [1.82, 2.24) is 0 Å². The number of aliphatic hydroxyl groups is 2. The van der Waals surface area contributed by atoms with Gasteiger partial charge in [-0.15, -0.1) is 22.7 Å². The summed E-state index contributed by atoms with van der Waals surface area (Å²) in [6.45, 7) is 3.54. The lowest BCUT2D eigenvalue weighted by molar-refractivity contribution is -0.117. The van der Waals surface area contributed by atoms with Gasteiger partial charge in [-0.2, -0.15) is 0 Å². The molecule has 0 radical (unpaired) electrons. The molecule has 0 aliphatic carbocycles. The summed E-state index contributed by atoms with van der Waals surface area (Å²) >= 11 is 3.21. The van der Waals surface area contributed by atoms with Gasteiger partial charge in [0.15, 0.2) is 0 Å². The number of thiophene rings is 2. The van der Waals surface area contributed by atoms with E-state index < -0.39 is 0 Å². The van der Waals surface area contributed by atoms with Crippen LogP contribution in [-0.2, 0) is 30.5 Å². The molecule has 0 aromatic carbocycles. The molecule has 0 bridgehead atoms. The molecule has 2 unspecified atom stereocenters. The number of ketones is 1. The van der Waals surface area contributed by atoms with E-state index in [1.54, 1.807) is 36.5 Å². The Morgan fingerprint density at radius 1 is 0.864 bits per heavy atom. The Morgan fingerprint density at radius 2 is 1.23 bits per heavy atom. The molecule has 0 fully saturated rings. The molecule has 120 valence electrons. The van der Waals surface area contributed by atoms with E-state index in [1.165, 1.54) is 0 Å². The Morgan fingerprint density at radius 3 is 1.59 bits per heavy atom. The van der Waals surface area contributed by atoms with Crippen LogP contribution in [0.4, 0.5) is 0 Å². The molecule has 0 amide bonds. The van der Waals surface area contributed by atoms with Crippen LogP contribution in [0.2, 0.25) is 0 Å². The minimum absolute atomic E-state index is 0.205. The molecule has 0 saturated heterocycles. The Bertz CT molecular complexity index is 559. The molecule has 3 nitrogen and oxygen atoms in total. The summed E-state index contributed by atoms with van der Waals surface area (Å²) in [6.07, 6.45) is 1.50. The van der Waals surface area contributed by atoms with Gasteiger partial charge in [0.05, 0.1) is 12.2 Å². The van der Waals surface area contributed by atoms with Crippen molar-refractivity contribution in [3.8, 4) is 0 Å². The van der Waals surface area contributed by atoms with Crippen LogP contribution >= 0.6 is 22.7 Å². The van der Waals surface area contributed by atoms with E-state index >= 15 is 0 Å². The highest BCUT2D eigenvalue weighted by Gasteiger charge is 2.11. The first-order valence-corrected chi connectivity index (χ1v) is 9.08. The molecule has 0 spiro atoms. The standard InChI is InChI=1S/C17H22O3S2/c1-11(18)7-14-3-5-16(21-14)9-13(20)10-17-6-4-15(22-17)8-12(2)19/h3-6,11-12,18-19H,7-10H2,1-2H3. The van der Waals surface area contributed by atoms with Crippen LogP contribution < -0.4 is 0 Å². The van der Waals surface area contributed by atoms with Gasteiger partial charge < -0.3 is 10.2 Å². The van der Waals surface area contributed by atoms with Crippen molar-refractivity contribution in [2.75, 3.05) is 0 Å². The second-order valence-electron chi connectivity index (χ2n) is 5.73. The molecule has 22 heavy (non-hydrogen) atoms. The van der Waals surface area contributed by atoms with Crippen molar-refractivity contribution in [3.63, 3.8) is 0 Å². The maximum Gasteiger partial charge on any atom is 0.143 e. The van der Waals surface area contributed by atoms with E-state index in [4.69, 9.17) is 0 Å². The SMILES string of the molecule is CC(O)Cc1ccc(CC(=O)Cc2ccc(CC(C)O)s2)s1. The van der Waals surface area contributed by atoms with Gasteiger partial charge in [0.2, 0.25) is 0 Å². The Labute approximate surface area is 139 Å². The van der Waals surface area contributed by atoms with Gasteiger partial charge in [-0.1, -0.05) is 0 Å². The fraction of sp³-hybridized carbons (Fsp3) is 0.471. The molecule has 2 aromatic heterocycles. The average molecular weight is 338 g/mol. The number of rotatable bonds is 8. The van der Waals surface area contributed by atoms with E-state index in [2.05, 4.69) is 0 Å². The van der Waals surface area contributed by atoms with Crippen LogP contribution in [0.1, 0.15) is 33.4 Å². The van der Waals surface area contributed by atoms with E-state index in [9.17, 15) is 15.0 Å².